The molecule has 11 nitrogen and oxygen atoms in total. The number of rotatable bonds is 9. The fourth-order valence-corrected chi connectivity index (χ4v) is 7.46. The number of halogens is 3. The Balaban J connectivity index is 1.04. The van der Waals surface area contributed by atoms with Crippen molar-refractivity contribution in [1.82, 2.24) is 29.8 Å². The van der Waals surface area contributed by atoms with Gasteiger partial charge in [0.2, 0.25) is 5.82 Å². The number of aromatic nitrogens is 5. The molecule has 1 aliphatic carbocycles. The van der Waals surface area contributed by atoms with E-state index in [2.05, 4.69) is 15.3 Å². The molecule has 0 bridgehead atoms. The molecule has 2 aliphatic rings. The van der Waals surface area contributed by atoms with Crippen molar-refractivity contribution in [3.63, 3.8) is 0 Å². The third kappa shape index (κ3) is 6.27. The maximum atomic E-state index is 15.7. The van der Waals surface area contributed by atoms with Crippen molar-refractivity contribution in [1.29, 1.82) is 0 Å². The highest BCUT2D eigenvalue weighted by atomic mass is 32.1. The summed E-state index contributed by atoms with van der Waals surface area (Å²) < 4.78 is 63.8. The van der Waals surface area contributed by atoms with Crippen molar-refractivity contribution in [3.05, 3.63) is 148 Å². The molecule has 0 saturated carbocycles. The smallest absolute Gasteiger partial charge is 0.270 e. The molecule has 0 unspecified atom stereocenters. The molecule has 0 radical (unpaired) electrons. The molecule has 4 aromatic heterocycles. The minimum atomic E-state index is -1.36. The number of benzene rings is 3. The molecule has 15 heteroatoms. The lowest BCUT2D eigenvalue weighted by Gasteiger charge is -2.20. The van der Waals surface area contributed by atoms with Crippen molar-refractivity contribution in [2.45, 2.75) is 31.8 Å². The van der Waals surface area contributed by atoms with E-state index in [1.807, 2.05) is 34.9 Å². The summed E-state index contributed by atoms with van der Waals surface area (Å²) in [5, 5.41) is 2.88. The van der Waals surface area contributed by atoms with E-state index in [1.54, 1.807) is 48.7 Å². The number of nitrogens with one attached hydrogen (secondary N) is 1. The molecule has 274 valence electrons. The van der Waals surface area contributed by atoms with Crippen LogP contribution < -0.4 is 15.8 Å². The van der Waals surface area contributed by atoms with Crippen LogP contribution >= 0.6 is 11.3 Å². The molecule has 55 heavy (non-hydrogen) atoms. The Morgan fingerprint density at radius 2 is 1.78 bits per heavy atom. The number of aryl methyl sites for hydroxylation is 1. The van der Waals surface area contributed by atoms with E-state index in [1.165, 1.54) is 18.6 Å². The zero-order valence-electron chi connectivity index (χ0n) is 28.6. The summed E-state index contributed by atoms with van der Waals surface area (Å²) >= 11 is 0.887. The van der Waals surface area contributed by atoms with E-state index >= 15 is 8.78 Å². The maximum absolute atomic E-state index is 15.7. The van der Waals surface area contributed by atoms with Gasteiger partial charge in [-0.1, -0.05) is 47.7 Å². The predicted octanol–water partition coefficient (Wildman–Crippen LogP) is 8.12. The van der Waals surface area contributed by atoms with Gasteiger partial charge in [-0.2, -0.15) is 8.78 Å². The van der Waals surface area contributed by atoms with Crippen LogP contribution in [0.15, 0.2) is 104 Å². The summed E-state index contributed by atoms with van der Waals surface area (Å²) in [6.45, 7) is -0.0498. The van der Waals surface area contributed by atoms with Gasteiger partial charge < -0.3 is 25.3 Å². The average molecular weight is 760 g/mol. The molecule has 3 N–H and O–H groups in total. The van der Waals surface area contributed by atoms with Crippen LogP contribution in [0, 0.1) is 16.8 Å². The fraction of sp³-hybridized carbons (Fsp3) is 0.125. The Morgan fingerprint density at radius 3 is 2.56 bits per heavy atom. The van der Waals surface area contributed by atoms with Crippen LogP contribution in [0.1, 0.15) is 51.4 Å². The Kier molecular flexibility index (Phi) is 8.61. The number of thiazole rings is 1. The molecule has 3 aromatic carbocycles. The fourth-order valence-electron chi connectivity index (χ4n) is 6.84. The van der Waals surface area contributed by atoms with Crippen LogP contribution in [0.25, 0.3) is 38.9 Å². The second kappa shape index (κ2) is 13.9. The van der Waals surface area contributed by atoms with Crippen LogP contribution in [0.3, 0.4) is 0 Å². The van der Waals surface area contributed by atoms with Gasteiger partial charge in [-0.05, 0) is 72.0 Å². The standard InChI is InChI=1S/C40H28F3N7O4S/c41-31-19-46-39(55-31)30-13-12-29-37(48-30)50(36(47-29)25-7-4-14-45-35(25)44)23-9-10-24-22(17-23)8-11-28(24)49-38(51)26-18-27(40-52-15-16-53-40)34(33(43)32(26)42)54-20-21-5-2-1-3-6-21/h1-7,9-10,12-19,28,40H,8,11,20H2,(H2,44,45)(H,49,51)/t28-/m0/s1. The molecular formula is C40H28F3N7O4S. The average Bonchev–Trinajstić information content (AvgIpc) is 4.03. The zero-order chi connectivity index (χ0) is 37.6. The number of ether oxygens (including phenoxy) is 3. The molecular weight excluding hydrogens is 732 g/mol. The van der Waals surface area contributed by atoms with E-state index in [0.717, 1.165) is 34.2 Å². The highest BCUT2D eigenvalue weighted by molar-refractivity contribution is 7.13. The van der Waals surface area contributed by atoms with Crippen LogP contribution in [-0.4, -0.2) is 30.4 Å². The summed E-state index contributed by atoms with van der Waals surface area (Å²) in [7, 11) is 0. The SMILES string of the molecule is Nc1ncccc1-c1nc2ccc(-c3ncc(F)s3)nc2n1-c1ccc2c(c1)CC[C@@H]2NC(=O)c1cc(C2OC=CO2)c(OCc2ccccc2)c(F)c1F. The highest BCUT2D eigenvalue weighted by Gasteiger charge is 2.32. The minimum absolute atomic E-state index is 0.0239. The van der Waals surface area contributed by atoms with Gasteiger partial charge in [0.15, 0.2) is 28.2 Å². The number of nitrogens with two attached hydrogens (primary N) is 1. The van der Waals surface area contributed by atoms with Crippen LogP contribution in [0.2, 0.25) is 0 Å². The largest absolute Gasteiger partial charge is 0.485 e. The predicted molar refractivity (Wildman–Crippen MR) is 197 cm³/mol. The van der Waals surface area contributed by atoms with Gasteiger partial charge in [0, 0.05) is 11.9 Å². The van der Waals surface area contributed by atoms with Crippen molar-refractivity contribution in [3.8, 4) is 33.5 Å². The van der Waals surface area contributed by atoms with Gasteiger partial charge in [-0.3, -0.25) is 9.36 Å². The first-order valence-electron chi connectivity index (χ1n) is 17.1. The summed E-state index contributed by atoms with van der Waals surface area (Å²) in [6, 6.07) is 22.5. The topological polar surface area (TPSA) is 139 Å². The lowest BCUT2D eigenvalue weighted by atomic mass is 10.0. The lowest BCUT2D eigenvalue weighted by molar-refractivity contribution is -0.0271. The second-order valence-corrected chi connectivity index (χ2v) is 13.8. The quantitative estimate of drug-likeness (QED) is 0.149. The number of imidazole rings is 1. The first-order chi connectivity index (χ1) is 26.8. The van der Waals surface area contributed by atoms with Crippen LogP contribution in [0.5, 0.6) is 5.75 Å². The van der Waals surface area contributed by atoms with Gasteiger partial charge >= 0.3 is 0 Å². The molecule has 7 aromatic rings. The summed E-state index contributed by atoms with van der Waals surface area (Å²) in [5.41, 5.74) is 11.1. The van der Waals surface area contributed by atoms with E-state index in [0.29, 0.717) is 51.8 Å². The third-order valence-electron chi connectivity index (χ3n) is 9.42. The van der Waals surface area contributed by atoms with E-state index in [-0.39, 0.29) is 18.0 Å². The van der Waals surface area contributed by atoms with Crippen LogP contribution in [0.4, 0.5) is 19.0 Å². The molecule has 1 amide bonds. The number of carbonyl (C=O) groups excluding carboxylic acids is 1. The maximum Gasteiger partial charge on any atom is 0.270 e. The molecule has 0 fully saturated rings. The van der Waals surface area contributed by atoms with E-state index < -0.39 is 46.3 Å². The Bertz CT molecular complexity index is 2640. The Labute approximate surface area is 314 Å². The normalized spacial score (nSPS) is 14.9. The van der Waals surface area contributed by atoms with E-state index in [9.17, 15) is 9.18 Å². The molecule has 1 aliphatic heterocycles. The lowest BCUT2D eigenvalue weighted by Crippen LogP contribution is -2.28. The second-order valence-electron chi connectivity index (χ2n) is 12.8. The number of amides is 1. The Morgan fingerprint density at radius 1 is 0.945 bits per heavy atom. The number of nitrogens with zero attached hydrogens (tertiary/aromatic N) is 5. The molecule has 0 saturated heterocycles. The van der Waals surface area contributed by atoms with Gasteiger partial charge in [0.1, 0.15) is 41.2 Å². The number of nitrogen functional groups attached to an aromatic ring is 1. The number of carbonyl (C=O) groups is 1. The number of hydrogen-bond donors (Lipinski definition) is 2. The molecule has 0 spiro atoms. The minimum Gasteiger partial charge on any atom is -0.485 e. The molecule has 9 rings (SSSR count). The van der Waals surface area contributed by atoms with Gasteiger partial charge in [-0.25, -0.2) is 24.3 Å². The summed E-state index contributed by atoms with van der Waals surface area (Å²) in [4.78, 5) is 31.8. The highest BCUT2D eigenvalue weighted by Crippen LogP contribution is 2.39. The zero-order valence-corrected chi connectivity index (χ0v) is 29.4. The third-order valence-corrected chi connectivity index (χ3v) is 10.2. The van der Waals surface area contributed by atoms with Crippen molar-refractivity contribution >= 4 is 34.2 Å². The van der Waals surface area contributed by atoms with Crippen molar-refractivity contribution < 1.29 is 32.2 Å². The Hall–Kier alpha value is -6.74. The van der Waals surface area contributed by atoms with Crippen molar-refractivity contribution in [2.24, 2.45) is 0 Å². The number of fused-ring (bicyclic) bond motifs is 2. The number of anilines is 1. The first kappa shape index (κ1) is 34.1. The van der Waals surface area contributed by atoms with Gasteiger partial charge in [-0.15, -0.1) is 0 Å². The number of pyridine rings is 2. The molecule has 1 atom stereocenters. The first-order valence-corrected chi connectivity index (χ1v) is 17.9. The van der Waals surface area contributed by atoms with Gasteiger partial charge in [0.25, 0.3) is 12.2 Å². The summed E-state index contributed by atoms with van der Waals surface area (Å²) in [5.74, 6) is -3.15. The molecule has 5 heterocycles. The van der Waals surface area contributed by atoms with Crippen molar-refractivity contribution in [2.75, 3.05) is 5.73 Å². The van der Waals surface area contributed by atoms with E-state index in [4.69, 9.17) is 29.9 Å². The van der Waals surface area contributed by atoms with Gasteiger partial charge in [0.05, 0.1) is 28.9 Å². The number of hydrogen-bond acceptors (Lipinski definition) is 10. The van der Waals surface area contributed by atoms with Crippen LogP contribution in [-0.2, 0) is 22.5 Å². The monoisotopic (exact) mass is 759 g/mol. The summed E-state index contributed by atoms with van der Waals surface area (Å²) in [6.07, 6.45) is 5.22.